The van der Waals surface area contributed by atoms with Crippen LogP contribution >= 0.6 is 0 Å². The quantitative estimate of drug-likeness (QED) is 0.724. The first-order valence-electron chi connectivity index (χ1n) is 7.18. The van der Waals surface area contributed by atoms with E-state index in [2.05, 4.69) is 6.92 Å². The van der Waals surface area contributed by atoms with Crippen molar-refractivity contribution in [3.8, 4) is 0 Å². The molecular weight excluding hydrogens is 228 g/mol. The van der Waals surface area contributed by atoms with Crippen LogP contribution in [0.2, 0.25) is 0 Å². The Hall–Kier alpha value is -0.830. The van der Waals surface area contributed by atoms with Crippen molar-refractivity contribution in [2.24, 2.45) is 11.8 Å². The van der Waals surface area contributed by atoms with E-state index in [4.69, 9.17) is 9.47 Å². The van der Waals surface area contributed by atoms with E-state index >= 15 is 0 Å². The Morgan fingerprint density at radius 1 is 1.39 bits per heavy atom. The molecule has 0 spiro atoms. The van der Waals surface area contributed by atoms with Gasteiger partial charge in [-0.25, -0.2) is 4.79 Å². The molecule has 2 aliphatic rings. The van der Waals surface area contributed by atoms with Gasteiger partial charge in [0, 0.05) is 0 Å². The van der Waals surface area contributed by atoms with Crippen molar-refractivity contribution in [3.63, 3.8) is 0 Å². The molecule has 0 aromatic heterocycles. The maximum atomic E-state index is 11.6. The Balaban J connectivity index is 1.84. The minimum Gasteiger partial charge on any atom is -0.463 e. The lowest BCUT2D eigenvalue weighted by Gasteiger charge is -2.34. The Labute approximate surface area is 110 Å². The molecule has 1 aliphatic carbocycles. The number of hydrogen-bond donors (Lipinski definition) is 0. The van der Waals surface area contributed by atoms with Gasteiger partial charge < -0.3 is 9.47 Å². The predicted octanol–water partition coefficient (Wildman–Crippen LogP) is 3.09. The van der Waals surface area contributed by atoms with Crippen LogP contribution in [-0.2, 0) is 14.3 Å². The van der Waals surface area contributed by atoms with Crippen LogP contribution in [0, 0.1) is 11.8 Å². The van der Waals surface area contributed by atoms with Crippen LogP contribution in [0.1, 0.15) is 46.0 Å². The summed E-state index contributed by atoms with van der Waals surface area (Å²) in [5.74, 6) is 1.34. The van der Waals surface area contributed by atoms with Crippen molar-refractivity contribution >= 4 is 5.97 Å². The summed E-state index contributed by atoms with van der Waals surface area (Å²) in [4.78, 5) is 11.6. The molecule has 1 aliphatic heterocycles. The highest BCUT2D eigenvalue weighted by Crippen LogP contribution is 2.34. The lowest BCUT2D eigenvalue weighted by Crippen LogP contribution is -2.31. The van der Waals surface area contributed by atoms with E-state index in [9.17, 15) is 4.79 Å². The van der Waals surface area contributed by atoms with Crippen LogP contribution in [-0.4, -0.2) is 25.3 Å². The summed E-state index contributed by atoms with van der Waals surface area (Å²) in [7, 11) is 0. The van der Waals surface area contributed by atoms with Gasteiger partial charge in [0.15, 0.2) is 0 Å². The number of carbonyl (C=O) groups excluding carboxylic acids is 1. The first-order chi connectivity index (χ1) is 8.70. The molecule has 0 aromatic rings. The molecule has 1 unspecified atom stereocenters. The predicted molar refractivity (Wildman–Crippen MR) is 70.2 cm³/mol. The van der Waals surface area contributed by atoms with Crippen LogP contribution in [0.4, 0.5) is 0 Å². The van der Waals surface area contributed by atoms with Gasteiger partial charge in [0.1, 0.15) is 0 Å². The minimum absolute atomic E-state index is 0.215. The lowest BCUT2D eigenvalue weighted by atomic mass is 9.79. The van der Waals surface area contributed by atoms with Gasteiger partial charge in [-0.2, -0.15) is 0 Å². The molecule has 1 atom stereocenters. The zero-order valence-corrected chi connectivity index (χ0v) is 11.5. The van der Waals surface area contributed by atoms with E-state index < -0.39 is 0 Å². The molecule has 0 bridgehead atoms. The van der Waals surface area contributed by atoms with Gasteiger partial charge in [-0.15, -0.1) is 0 Å². The van der Waals surface area contributed by atoms with Gasteiger partial charge in [0.2, 0.25) is 0 Å². The summed E-state index contributed by atoms with van der Waals surface area (Å²) in [6.45, 7) is 5.01. The topological polar surface area (TPSA) is 35.5 Å². The summed E-state index contributed by atoms with van der Waals surface area (Å²) in [6, 6.07) is 0. The Morgan fingerprint density at radius 3 is 2.67 bits per heavy atom. The second kappa shape index (κ2) is 6.37. The highest BCUT2D eigenvalue weighted by molar-refractivity contribution is 5.88. The molecule has 1 fully saturated rings. The fourth-order valence-electron chi connectivity index (χ4n) is 2.93. The smallest absolute Gasteiger partial charge is 0.336 e. The van der Waals surface area contributed by atoms with Crippen molar-refractivity contribution < 1.29 is 14.3 Å². The largest absolute Gasteiger partial charge is 0.463 e. The summed E-state index contributed by atoms with van der Waals surface area (Å²) in [6.07, 6.45) is 8.38. The number of carbonyl (C=O) groups is 1. The normalized spacial score (nSPS) is 32.8. The Bertz CT molecular complexity index is 314. The molecule has 3 nitrogen and oxygen atoms in total. The van der Waals surface area contributed by atoms with E-state index in [1.54, 1.807) is 0 Å². The first-order valence-corrected chi connectivity index (χ1v) is 7.18. The Morgan fingerprint density at radius 2 is 2.11 bits per heavy atom. The monoisotopic (exact) mass is 252 g/mol. The van der Waals surface area contributed by atoms with Crippen LogP contribution < -0.4 is 0 Å². The van der Waals surface area contributed by atoms with Crippen molar-refractivity contribution in [2.45, 2.75) is 52.1 Å². The van der Waals surface area contributed by atoms with Gasteiger partial charge in [-0.1, -0.05) is 25.8 Å². The summed E-state index contributed by atoms with van der Waals surface area (Å²) in [5.41, 5.74) is 0.692. The molecule has 1 saturated carbocycles. The second-order valence-electron chi connectivity index (χ2n) is 5.55. The third kappa shape index (κ3) is 3.35. The molecule has 0 saturated heterocycles. The van der Waals surface area contributed by atoms with Gasteiger partial charge in [0.25, 0.3) is 0 Å². The van der Waals surface area contributed by atoms with Crippen LogP contribution in [0.25, 0.3) is 0 Å². The number of esters is 1. The lowest BCUT2D eigenvalue weighted by molar-refractivity contribution is -0.140. The van der Waals surface area contributed by atoms with Crippen molar-refractivity contribution in [2.75, 3.05) is 13.2 Å². The summed E-state index contributed by atoms with van der Waals surface area (Å²) < 4.78 is 10.9. The van der Waals surface area contributed by atoms with Gasteiger partial charge >= 0.3 is 5.97 Å². The summed E-state index contributed by atoms with van der Waals surface area (Å²) >= 11 is 0. The standard InChI is InChI=1S/C15H24O3/c1-3-17-15(16)13-8-9-14(18-10-13)12-6-4-11(2)5-7-12/h8,11-12,14H,3-7,9-10H2,1-2H3. The van der Waals surface area contributed by atoms with Crippen LogP contribution in [0.3, 0.4) is 0 Å². The fraction of sp³-hybridized carbons (Fsp3) is 0.800. The maximum absolute atomic E-state index is 11.6. The van der Waals surface area contributed by atoms with Crippen LogP contribution in [0.5, 0.6) is 0 Å². The number of ether oxygens (including phenoxy) is 2. The Kier molecular flexibility index (Phi) is 4.81. The van der Waals surface area contributed by atoms with E-state index in [1.807, 2.05) is 13.0 Å². The van der Waals surface area contributed by atoms with Gasteiger partial charge in [-0.3, -0.25) is 0 Å². The first kappa shape index (κ1) is 13.6. The fourth-order valence-corrected chi connectivity index (χ4v) is 2.93. The van der Waals surface area contributed by atoms with Crippen LogP contribution in [0.15, 0.2) is 11.6 Å². The van der Waals surface area contributed by atoms with Crippen molar-refractivity contribution in [1.29, 1.82) is 0 Å². The molecule has 18 heavy (non-hydrogen) atoms. The van der Waals surface area contributed by atoms with Crippen molar-refractivity contribution in [1.82, 2.24) is 0 Å². The zero-order chi connectivity index (χ0) is 13.0. The minimum atomic E-state index is -0.215. The molecule has 0 radical (unpaired) electrons. The highest BCUT2D eigenvalue weighted by Gasteiger charge is 2.29. The van der Waals surface area contributed by atoms with Gasteiger partial charge in [0.05, 0.1) is 24.9 Å². The molecule has 3 heteroatoms. The van der Waals surface area contributed by atoms with E-state index in [1.165, 1.54) is 25.7 Å². The highest BCUT2D eigenvalue weighted by atomic mass is 16.5. The average molecular weight is 252 g/mol. The molecule has 0 aromatic carbocycles. The molecular formula is C15H24O3. The molecule has 102 valence electrons. The van der Waals surface area contributed by atoms with Gasteiger partial charge in [-0.05, 0) is 38.0 Å². The average Bonchev–Trinajstić information content (AvgIpc) is 2.40. The van der Waals surface area contributed by atoms with E-state index in [0.717, 1.165) is 12.3 Å². The zero-order valence-electron chi connectivity index (χ0n) is 11.5. The maximum Gasteiger partial charge on any atom is 0.336 e. The SMILES string of the molecule is CCOC(=O)C1=CCC(C2CCC(C)CC2)OC1. The molecule has 0 N–H and O–H groups in total. The third-order valence-corrected chi connectivity index (χ3v) is 4.17. The molecule has 0 amide bonds. The number of hydrogen-bond acceptors (Lipinski definition) is 3. The second-order valence-corrected chi connectivity index (χ2v) is 5.55. The third-order valence-electron chi connectivity index (χ3n) is 4.17. The summed E-state index contributed by atoms with van der Waals surface area (Å²) in [5, 5.41) is 0. The van der Waals surface area contributed by atoms with E-state index in [-0.39, 0.29) is 5.97 Å². The van der Waals surface area contributed by atoms with Crippen molar-refractivity contribution in [3.05, 3.63) is 11.6 Å². The number of rotatable bonds is 3. The molecule has 2 rings (SSSR count). The van der Waals surface area contributed by atoms with E-state index in [0.29, 0.717) is 30.8 Å². The molecule has 1 heterocycles.